The summed E-state index contributed by atoms with van der Waals surface area (Å²) in [6, 6.07) is 10.6. The van der Waals surface area contributed by atoms with E-state index in [1.54, 1.807) is 12.1 Å². The molecule has 1 aliphatic carbocycles. The number of H-pyrrole nitrogens is 1. The summed E-state index contributed by atoms with van der Waals surface area (Å²) in [5.41, 5.74) is 0.444. The molecule has 1 amide bonds. The van der Waals surface area contributed by atoms with Gasteiger partial charge in [0.15, 0.2) is 0 Å². The van der Waals surface area contributed by atoms with E-state index in [1.165, 1.54) is 12.1 Å². The lowest BCUT2D eigenvalue weighted by atomic mass is 9.86. The van der Waals surface area contributed by atoms with Crippen LogP contribution in [-0.4, -0.2) is 28.7 Å². The molecule has 1 fully saturated rings. The van der Waals surface area contributed by atoms with Gasteiger partial charge in [0, 0.05) is 24.2 Å². The molecule has 1 aliphatic rings. The highest BCUT2D eigenvalue weighted by Gasteiger charge is 2.32. The normalized spacial score (nSPS) is 18.5. The van der Waals surface area contributed by atoms with E-state index in [9.17, 15) is 22.4 Å². The minimum atomic E-state index is -4.54. The quantitative estimate of drug-likeness (QED) is 0.353. The van der Waals surface area contributed by atoms with Gasteiger partial charge in [-0.05, 0) is 74.1 Å². The van der Waals surface area contributed by atoms with Crippen molar-refractivity contribution in [1.29, 1.82) is 0 Å². The topological polar surface area (TPSA) is 69.8 Å². The number of hydrogen-bond donors (Lipinski definition) is 3. The lowest BCUT2D eigenvalue weighted by Gasteiger charge is -2.29. The smallest absolute Gasteiger partial charge is 0.370 e. The van der Waals surface area contributed by atoms with E-state index in [-0.39, 0.29) is 22.4 Å². The van der Waals surface area contributed by atoms with Crippen LogP contribution in [-0.2, 0) is 6.18 Å². The second-order valence-electron chi connectivity index (χ2n) is 8.44. The van der Waals surface area contributed by atoms with Gasteiger partial charge in [0.05, 0.1) is 21.8 Å². The molecule has 0 bridgehead atoms. The van der Waals surface area contributed by atoms with Gasteiger partial charge in [-0.1, -0.05) is 11.6 Å². The Morgan fingerprint density at radius 2 is 1.76 bits per heavy atom. The van der Waals surface area contributed by atoms with Gasteiger partial charge in [-0.3, -0.25) is 9.89 Å². The molecule has 0 unspecified atom stereocenters. The summed E-state index contributed by atoms with van der Waals surface area (Å²) in [6.45, 7) is 0.713. The molecule has 0 spiro atoms. The summed E-state index contributed by atoms with van der Waals surface area (Å²) in [5, 5.41) is 13.3. The van der Waals surface area contributed by atoms with E-state index in [2.05, 4.69) is 20.8 Å². The molecule has 1 aromatic heterocycles. The summed E-state index contributed by atoms with van der Waals surface area (Å²) in [5.74, 6) is 0.239. The van der Waals surface area contributed by atoms with Crippen molar-refractivity contribution in [3.8, 4) is 11.3 Å². The fraction of sp³-hybridized carbons (Fsp3) is 0.333. The number of alkyl halides is 3. The third-order valence-corrected chi connectivity index (χ3v) is 6.35. The van der Waals surface area contributed by atoms with Crippen molar-refractivity contribution >= 4 is 23.3 Å². The van der Waals surface area contributed by atoms with E-state index in [0.29, 0.717) is 18.2 Å². The van der Waals surface area contributed by atoms with Crippen molar-refractivity contribution in [3.05, 3.63) is 70.5 Å². The van der Waals surface area contributed by atoms with Crippen molar-refractivity contribution in [1.82, 2.24) is 15.5 Å². The minimum absolute atomic E-state index is 0.0112. The maximum atomic E-state index is 13.1. The van der Waals surface area contributed by atoms with Gasteiger partial charge >= 0.3 is 6.18 Å². The van der Waals surface area contributed by atoms with Crippen LogP contribution in [0.3, 0.4) is 0 Å². The van der Waals surface area contributed by atoms with Gasteiger partial charge < -0.3 is 10.6 Å². The molecule has 1 saturated carbocycles. The van der Waals surface area contributed by atoms with Crippen molar-refractivity contribution in [3.63, 3.8) is 0 Å². The van der Waals surface area contributed by atoms with Crippen LogP contribution in [0.2, 0.25) is 5.02 Å². The highest BCUT2D eigenvalue weighted by molar-refractivity contribution is 6.33. The minimum Gasteiger partial charge on any atom is -0.370 e. The van der Waals surface area contributed by atoms with Crippen LogP contribution in [0.4, 0.5) is 23.4 Å². The first-order valence-electron chi connectivity index (χ1n) is 10.9. The van der Waals surface area contributed by atoms with Crippen LogP contribution >= 0.6 is 11.6 Å². The number of hydrogen-bond acceptors (Lipinski definition) is 3. The van der Waals surface area contributed by atoms with E-state index >= 15 is 0 Å². The number of nitrogens with zero attached hydrogens (tertiary/aromatic N) is 1. The molecule has 4 rings (SSSR count). The number of aromatic amines is 1. The number of anilines is 1. The van der Waals surface area contributed by atoms with Crippen LogP contribution in [0, 0.1) is 11.7 Å². The van der Waals surface area contributed by atoms with Crippen molar-refractivity contribution < 1.29 is 22.4 Å². The average molecular weight is 495 g/mol. The number of carbonyl (C=O) groups is 1. The van der Waals surface area contributed by atoms with Gasteiger partial charge in [0.25, 0.3) is 5.91 Å². The first-order valence-corrected chi connectivity index (χ1v) is 11.3. The van der Waals surface area contributed by atoms with Crippen LogP contribution < -0.4 is 10.6 Å². The Balaban J connectivity index is 1.26. The fourth-order valence-electron chi connectivity index (χ4n) is 4.08. The molecule has 0 saturated heterocycles. The van der Waals surface area contributed by atoms with Gasteiger partial charge in [0.1, 0.15) is 11.6 Å². The molecule has 180 valence electrons. The maximum absolute atomic E-state index is 13.1. The summed E-state index contributed by atoms with van der Waals surface area (Å²) in [4.78, 5) is 12.5. The van der Waals surface area contributed by atoms with Crippen molar-refractivity contribution in [2.45, 2.75) is 37.9 Å². The number of benzene rings is 2. The lowest BCUT2D eigenvalue weighted by molar-refractivity contribution is -0.137. The van der Waals surface area contributed by atoms with Crippen LogP contribution in [0.25, 0.3) is 11.3 Å². The summed E-state index contributed by atoms with van der Waals surface area (Å²) in [7, 11) is 0. The molecule has 1 heterocycles. The van der Waals surface area contributed by atoms with E-state index < -0.39 is 17.6 Å². The van der Waals surface area contributed by atoms with Crippen molar-refractivity contribution in [2.75, 3.05) is 11.9 Å². The summed E-state index contributed by atoms with van der Waals surface area (Å²) in [6.07, 6.45) is -1.39. The molecule has 34 heavy (non-hydrogen) atoms. The Bertz CT molecular complexity index is 1140. The molecule has 0 radical (unpaired) electrons. The first kappa shape index (κ1) is 24.1. The first-order chi connectivity index (χ1) is 16.2. The number of aromatic nitrogens is 2. The Morgan fingerprint density at radius 1 is 1.06 bits per heavy atom. The Kier molecular flexibility index (Phi) is 7.11. The predicted molar refractivity (Wildman–Crippen MR) is 122 cm³/mol. The summed E-state index contributed by atoms with van der Waals surface area (Å²) < 4.78 is 52.0. The zero-order chi connectivity index (χ0) is 24.3. The second-order valence-corrected chi connectivity index (χ2v) is 8.85. The van der Waals surface area contributed by atoms with Crippen molar-refractivity contribution in [2.24, 2.45) is 5.92 Å². The lowest BCUT2D eigenvalue weighted by Crippen LogP contribution is -2.38. The molecular formula is C24H23ClF4N4O. The number of halogens is 5. The standard InChI is InChI=1S/C24H23ClF4N4O/c25-20-10-5-16(24(27,28)29)11-19(20)23(34)31-18-8-1-14(2-9-18)13-30-22-12-21(32-33-22)15-3-6-17(26)7-4-15/h3-7,10-12,14,18H,1-2,8-9,13H2,(H,31,34)(H2,30,32,33)/t14-,18-. The van der Waals surface area contributed by atoms with Gasteiger partial charge in [-0.2, -0.15) is 18.3 Å². The van der Waals surface area contributed by atoms with E-state index in [1.807, 2.05) is 6.07 Å². The van der Waals surface area contributed by atoms with Gasteiger partial charge in [0.2, 0.25) is 0 Å². The molecule has 3 N–H and O–H groups in total. The molecule has 0 atom stereocenters. The van der Waals surface area contributed by atoms with Gasteiger partial charge in [-0.15, -0.1) is 0 Å². The van der Waals surface area contributed by atoms with Gasteiger partial charge in [-0.25, -0.2) is 4.39 Å². The largest absolute Gasteiger partial charge is 0.416 e. The second kappa shape index (κ2) is 10.0. The highest BCUT2D eigenvalue weighted by atomic mass is 35.5. The van der Waals surface area contributed by atoms with E-state index in [4.69, 9.17) is 11.6 Å². The third kappa shape index (κ3) is 5.88. The monoisotopic (exact) mass is 494 g/mol. The van der Waals surface area contributed by atoms with Crippen LogP contribution in [0.15, 0.2) is 48.5 Å². The average Bonchev–Trinajstić information content (AvgIpc) is 3.27. The number of rotatable bonds is 6. The molecular weight excluding hydrogens is 472 g/mol. The van der Waals surface area contributed by atoms with Crippen LogP contribution in [0.5, 0.6) is 0 Å². The Labute approximate surface area is 198 Å². The number of nitrogens with one attached hydrogen (secondary N) is 3. The molecule has 3 aromatic rings. The zero-order valence-electron chi connectivity index (χ0n) is 18.1. The third-order valence-electron chi connectivity index (χ3n) is 6.02. The number of carbonyl (C=O) groups excluding carboxylic acids is 1. The maximum Gasteiger partial charge on any atom is 0.416 e. The SMILES string of the molecule is O=C(N[C@H]1CC[C@H](CNc2cc(-c3ccc(F)cc3)n[nH]2)CC1)c1cc(C(F)(F)F)ccc1Cl. The van der Waals surface area contributed by atoms with E-state index in [0.717, 1.165) is 55.3 Å². The fourth-order valence-corrected chi connectivity index (χ4v) is 4.29. The number of amides is 1. The summed E-state index contributed by atoms with van der Waals surface area (Å²) >= 11 is 5.97. The van der Waals surface area contributed by atoms with Crippen LogP contribution in [0.1, 0.15) is 41.6 Å². The molecule has 2 aromatic carbocycles. The highest BCUT2D eigenvalue weighted by Crippen LogP contribution is 2.32. The Hall–Kier alpha value is -3.07. The molecule has 10 heteroatoms. The molecule has 5 nitrogen and oxygen atoms in total. The predicted octanol–water partition coefficient (Wildman–Crippen LogP) is 6.29. The zero-order valence-corrected chi connectivity index (χ0v) is 18.8. The molecule has 0 aliphatic heterocycles. The Morgan fingerprint density at radius 3 is 2.44 bits per heavy atom.